The summed E-state index contributed by atoms with van der Waals surface area (Å²) >= 11 is 0. The van der Waals surface area contributed by atoms with Gasteiger partial charge in [0.05, 0.1) is 0 Å². The van der Waals surface area contributed by atoms with E-state index in [1.165, 1.54) is 18.2 Å². The third-order valence-electron chi connectivity index (χ3n) is 1.75. The van der Waals surface area contributed by atoms with E-state index in [4.69, 9.17) is 0 Å². The first-order valence-electron chi connectivity index (χ1n) is 4.60. The molecule has 80 valence electrons. The van der Waals surface area contributed by atoms with Crippen molar-refractivity contribution in [2.45, 2.75) is 20.3 Å². The van der Waals surface area contributed by atoms with Crippen LogP contribution in [0.4, 0.5) is 8.78 Å². The van der Waals surface area contributed by atoms with Gasteiger partial charge in [0.1, 0.15) is 11.6 Å². The Morgan fingerprint density at radius 2 is 1.73 bits per heavy atom. The summed E-state index contributed by atoms with van der Waals surface area (Å²) < 4.78 is 25.5. The van der Waals surface area contributed by atoms with Crippen molar-refractivity contribution in [3.8, 4) is 0 Å². The summed E-state index contributed by atoms with van der Waals surface area (Å²) in [7, 11) is 0. The minimum atomic E-state index is -0.657. The average Bonchev–Trinajstić information content (AvgIpc) is 1.98. The van der Waals surface area contributed by atoms with Crippen LogP contribution in [0.2, 0.25) is 0 Å². The van der Waals surface area contributed by atoms with Crippen LogP contribution in [0.25, 0.3) is 0 Å². The molecular weight excluding hydrogens is 198 g/mol. The molecule has 0 fully saturated rings. The molecule has 15 heavy (non-hydrogen) atoms. The molecule has 0 radical (unpaired) electrons. The first-order chi connectivity index (χ1) is 6.97. The van der Waals surface area contributed by atoms with Gasteiger partial charge in [0.15, 0.2) is 5.78 Å². The van der Waals surface area contributed by atoms with Gasteiger partial charge in [-0.15, -0.1) is 0 Å². The van der Waals surface area contributed by atoms with E-state index < -0.39 is 11.6 Å². The molecular formula is C12H12F2O. The zero-order chi connectivity index (χ0) is 11.4. The van der Waals surface area contributed by atoms with Gasteiger partial charge in [-0.1, -0.05) is 5.57 Å². The number of ketones is 1. The van der Waals surface area contributed by atoms with E-state index in [0.29, 0.717) is 5.56 Å². The van der Waals surface area contributed by atoms with E-state index in [1.54, 1.807) is 13.8 Å². The fourth-order valence-electron chi connectivity index (χ4n) is 1.29. The highest BCUT2D eigenvalue weighted by atomic mass is 19.1. The van der Waals surface area contributed by atoms with Gasteiger partial charge in [0, 0.05) is 12.5 Å². The molecule has 0 aromatic heterocycles. The molecule has 0 aliphatic heterocycles. The third kappa shape index (κ3) is 4.02. The van der Waals surface area contributed by atoms with Gasteiger partial charge in [-0.3, -0.25) is 4.79 Å². The highest BCUT2D eigenvalue weighted by Crippen LogP contribution is 2.09. The van der Waals surface area contributed by atoms with Crippen molar-refractivity contribution in [3.05, 3.63) is 47.0 Å². The predicted octanol–water partition coefficient (Wildman–Crippen LogP) is 3.04. The molecule has 0 saturated carbocycles. The quantitative estimate of drug-likeness (QED) is 0.701. The molecule has 1 aromatic rings. The van der Waals surface area contributed by atoms with Gasteiger partial charge in [0.2, 0.25) is 0 Å². The Bertz CT molecular complexity index is 384. The maximum Gasteiger partial charge on any atom is 0.159 e. The minimum Gasteiger partial charge on any atom is -0.294 e. The van der Waals surface area contributed by atoms with Crippen molar-refractivity contribution in [2.75, 3.05) is 0 Å². The van der Waals surface area contributed by atoms with E-state index in [-0.39, 0.29) is 12.2 Å². The number of hydrogen-bond donors (Lipinski definition) is 0. The van der Waals surface area contributed by atoms with Crippen molar-refractivity contribution in [1.82, 2.24) is 0 Å². The Kier molecular flexibility index (Phi) is 3.72. The maximum atomic E-state index is 12.8. The van der Waals surface area contributed by atoms with Crippen LogP contribution >= 0.6 is 0 Å². The van der Waals surface area contributed by atoms with Crippen LogP contribution in [0.15, 0.2) is 29.8 Å². The largest absolute Gasteiger partial charge is 0.294 e. The van der Waals surface area contributed by atoms with Crippen LogP contribution < -0.4 is 0 Å². The standard InChI is InChI=1S/C12H12F2O/c1-8(2)3-12(15)6-9-4-10(13)7-11(14)5-9/h3-5,7H,6H2,1-2H3. The van der Waals surface area contributed by atoms with Gasteiger partial charge in [0.25, 0.3) is 0 Å². The fourth-order valence-corrected chi connectivity index (χ4v) is 1.29. The number of rotatable bonds is 3. The van der Waals surface area contributed by atoms with Gasteiger partial charge >= 0.3 is 0 Å². The van der Waals surface area contributed by atoms with Crippen LogP contribution in [-0.2, 0) is 11.2 Å². The van der Waals surface area contributed by atoms with Crippen molar-refractivity contribution in [1.29, 1.82) is 0 Å². The number of carbonyl (C=O) groups is 1. The van der Waals surface area contributed by atoms with E-state index in [0.717, 1.165) is 11.6 Å². The average molecular weight is 210 g/mol. The van der Waals surface area contributed by atoms with E-state index in [2.05, 4.69) is 0 Å². The first kappa shape index (κ1) is 11.6. The second kappa shape index (κ2) is 4.82. The Labute approximate surface area is 87.4 Å². The molecule has 0 amide bonds. The summed E-state index contributed by atoms with van der Waals surface area (Å²) in [5.41, 5.74) is 1.23. The second-order valence-electron chi connectivity index (χ2n) is 3.64. The van der Waals surface area contributed by atoms with Crippen LogP contribution in [0, 0.1) is 11.6 Å². The zero-order valence-electron chi connectivity index (χ0n) is 8.68. The summed E-state index contributed by atoms with van der Waals surface area (Å²) in [4.78, 5) is 11.3. The molecule has 0 saturated heterocycles. The zero-order valence-corrected chi connectivity index (χ0v) is 8.68. The highest BCUT2D eigenvalue weighted by Gasteiger charge is 2.04. The molecule has 0 bridgehead atoms. The normalized spacial score (nSPS) is 9.87. The van der Waals surface area contributed by atoms with Gasteiger partial charge in [-0.25, -0.2) is 8.78 Å². The summed E-state index contributed by atoms with van der Waals surface area (Å²) in [5.74, 6) is -1.47. The van der Waals surface area contributed by atoms with Crippen molar-refractivity contribution >= 4 is 5.78 Å². The molecule has 0 unspecified atom stereocenters. The third-order valence-corrected chi connectivity index (χ3v) is 1.75. The van der Waals surface area contributed by atoms with Gasteiger partial charge in [-0.05, 0) is 37.6 Å². The number of hydrogen-bond acceptors (Lipinski definition) is 1. The molecule has 0 heterocycles. The van der Waals surface area contributed by atoms with E-state index in [1.807, 2.05) is 0 Å². The Balaban J connectivity index is 2.81. The van der Waals surface area contributed by atoms with Crippen LogP contribution in [0.5, 0.6) is 0 Å². The number of halogens is 2. The van der Waals surface area contributed by atoms with Crippen LogP contribution in [-0.4, -0.2) is 5.78 Å². The monoisotopic (exact) mass is 210 g/mol. The highest BCUT2D eigenvalue weighted by molar-refractivity contribution is 5.91. The lowest BCUT2D eigenvalue weighted by atomic mass is 10.1. The Morgan fingerprint density at radius 3 is 2.20 bits per heavy atom. The predicted molar refractivity (Wildman–Crippen MR) is 54.5 cm³/mol. The summed E-state index contributed by atoms with van der Waals surface area (Å²) in [5, 5.41) is 0. The Hall–Kier alpha value is -1.51. The molecule has 0 atom stereocenters. The van der Waals surface area contributed by atoms with Gasteiger partial charge < -0.3 is 0 Å². The molecule has 0 N–H and O–H groups in total. The van der Waals surface area contributed by atoms with E-state index >= 15 is 0 Å². The topological polar surface area (TPSA) is 17.1 Å². The molecule has 3 heteroatoms. The van der Waals surface area contributed by atoms with Crippen molar-refractivity contribution < 1.29 is 13.6 Å². The Morgan fingerprint density at radius 1 is 1.20 bits per heavy atom. The lowest BCUT2D eigenvalue weighted by molar-refractivity contribution is -0.114. The van der Waals surface area contributed by atoms with Crippen LogP contribution in [0.1, 0.15) is 19.4 Å². The van der Waals surface area contributed by atoms with Crippen LogP contribution in [0.3, 0.4) is 0 Å². The lowest BCUT2D eigenvalue weighted by Crippen LogP contribution is -2.00. The van der Waals surface area contributed by atoms with E-state index in [9.17, 15) is 13.6 Å². The number of benzene rings is 1. The lowest BCUT2D eigenvalue weighted by Gasteiger charge is -1.99. The number of allylic oxidation sites excluding steroid dienone is 2. The molecule has 0 spiro atoms. The first-order valence-corrected chi connectivity index (χ1v) is 4.60. The summed E-state index contributed by atoms with van der Waals surface area (Å²) in [6.45, 7) is 3.59. The SMILES string of the molecule is CC(C)=CC(=O)Cc1cc(F)cc(F)c1. The van der Waals surface area contributed by atoms with Crippen molar-refractivity contribution in [2.24, 2.45) is 0 Å². The minimum absolute atomic E-state index is 0.0276. The molecule has 1 nitrogen and oxygen atoms in total. The smallest absolute Gasteiger partial charge is 0.159 e. The molecule has 0 aliphatic carbocycles. The summed E-state index contributed by atoms with van der Waals surface area (Å²) in [6.07, 6.45) is 1.49. The second-order valence-corrected chi connectivity index (χ2v) is 3.64. The molecule has 1 aromatic carbocycles. The molecule has 1 rings (SSSR count). The van der Waals surface area contributed by atoms with Crippen molar-refractivity contribution in [3.63, 3.8) is 0 Å². The maximum absolute atomic E-state index is 12.8. The van der Waals surface area contributed by atoms with Gasteiger partial charge in [-0.2, -0.15) is 0 Å². The summed E-state index contributed by atoms with van der Waals surface area (Å²) in [6, 6.07) is 3.12. The molecule has 0 aliphatic rings. The number of carbonyl (C=O) groups excluding carboxylic acids is 1. The fraction of sp³-hybridized carbons (Fsp3) is 0.250.